The molecule has 0 bridgehead atoms. The number of aliphatic imine (C=N–C) groups is 1. The third-order valence-corrected chi connectivity index (χ3v) is 5.09. The first-order valence-electron chi connectivity index (χ1n) is 9.77. The number of hydrogen-bond acceptors (Lipinski definition) is 5. The fourth-order valence-corrected chi connectivity index (χ4v) is 3.27. The van der Waals surface area contributed by atoms with Gasteiger partial charge in [-0.05, 0) is 31.5 Å². The largest absolute Gasteiger partial charge is 0.383 e. The van der Waals surface area contributed by atoms with Gasteiger partial charge in [-0.15, -0.1) is 10.2 Å². The zero-order chi connectivity index (χ0) is 19.9. The van der Waals surface area contributed by atoms with Crippen LogP contribution in [0.5, 0.6) is 0 Å². The highest BCUT2D eigenvalue weighted by Crippen LogP contribution is 2.18. The van der Waals surface area contributed by atoms with E-state index in [0.717, 1.165) is 50.3 Å². The predicted molar refractivity (Wildman–Crippen MR) is 112 cm³/mol. The summed E-state index contributed by atoms with van der Waals surface area (Å²) in [5.41, 5.74) is 2.59. The van der Waals surface area contributed by atoms with E-state index in [9.17, 15) is 0 Å². The summed E-state index contributed by atoms with van der Waals surface area (Å²) >= 11 is 0. The Morgan fingerprint density at radius 1 is 1.18 bits per heavy atom. The van der Waals surface area contributed by atoms with Gasteiger partial charge < -0.3 is 24.4 Å². The van der Waals surface area contributed by atoms with Crippen molar-refractivity contribution in [3.8, 4) is 0 Å². The molecule has 0 atom stereocenters. The highest BCUT2D eigenvalue weighted by Gasteiger charge is 2.20. The van der Waals surface area contributed by atoms with Crippen molar-refractivity contribution in [3.05, 3.63) is 41.5 Å². The molecule has 152 valence electrons. The number of rotatable bonds is 6. The van der Waals surface area contributed by atoms with Gasteiger partial charge in [-0.25, -0.2) is 4.99 Å². The zero-order valence-electron chi connectivity index (χ0n) is 17.4. The maximum atomic E-state index is 5.18. The Bertz CT molecular complexity index is 794. The maximum Gasteiger partial charge on any atom is 0.194 e. The average Bonchev–Trinajstić information content (AvgIpc) is 3.03. The van der Waals surface area contributed by atoms with Gasteiger partial charge in [-0.2, -0.15) is 0 Å². The molecule has 8 heteroatoms. The molecule has 0 amide bonds. The molecule has 2 heterocycles. The molecular weight excluding hydrogens is 354 g/mol. The molecule has 8 nitrogen and oxygen atoms in total. The number of aromatic nitrogens is 3. The number of aryl methyl sites for hydroxylation is 2. The van der Waals surface area contributed by atoms with Crippen molar-refractivity contribution in [1.29, 1.82) is 0 Å². The number of ether oxygens (including phenoxy) is 1. The molecular formula is C20H31N7O. The van der Waals surface area contributed by atoms with Crippen LogP contribution in [-0.2, 0) is 18.3 Å². The van der Waals surface area contributed by atoms with E-state index < -0.39 is 0 Å². The lowest BCUT2D eigenvalue weighted by Crippen LogP contribution is -2.53. The molecule has 1 fully saturated rings. The second-order valence-electron chi connectivity index (χ2n) is 7.09. The number of methoxy groups -OCH3 is 1. The van der Waals surface area contributed by atoms with Gasteiger partial charge in [-0.1, -0.05) is 12.1 Å². The fourth-order valence-electron chi connectivity index (χ4n) is 3.27. The summed E-state index contributed by atoms with van der Waals surface area (Å²) in [4.78, 5) is 9.55. The average molecular weight is 386 g/mol. The summed E-state index contributed by atoms with van der Waals surface area (Å²) in [6.07, 6.45) is 0. The molecule has 0 saturated carbocycles. The van der Waals surface area contributed by atoms with E-state index in [2.05, 4.69) is 56.5 Å². The molecule has 1 aliphatic rings. The number of hydrogen-bond donors (Lipinski definition) is 1. The van der Waals surface area contributed by atoms with E-state index in [4.69, 9.17) is 9.73 Å². The number of guanidine groups is 1. The Hall–Kier alpha value is -2.61. The van der Waals surface area contributed by atoms with Gasteiger partial charge >= 0.3 is 0 Å². The van der Waals surface area contributed by atoms with E-state index in [1.54, 1.807) is 7.11 Å². The Morgan fingerprint density at radius 2 is 1.96 bits per heavy atom. The van der Waals surface area contributed by atoms with Crippen LogP contribution < -0.4 is 10.2 Å². The van der Waals surface area contributed by atoms with Crippen molar-refractivity contribution < 1.29 is 4.74 Å². The number of nitrogens with one attached hydrogen (secondary N) is 1. The third kappa shape index (κ3) is 5.01. The second-order valence-corrected chi connectivity index (χ2v) is 7.09. The lowest BCUT2D eigenvalue weighted by molar-refractivity contribution is 0.202. The molecule has 1 aliphatic heterocycles. The van der Waals surface area contributed by atoms with E-state index in [0.29, 0.717) is 13.2 Å². The van der Waals surface area contributed by atoms with Crippen molar-refractivity contribution in [3.63, 3.8) is 0 Å². The molecule has 0 aliphatic carbocycles. The Balaban J connectivity index is 1.65. The number of anilines is 1. The number of piperazine rings is 1. The molecule has 1 N–H and O–H groups in total. The Morgan fingerprint density at radius 3 is 2.61 bits per heavy atom. The molecule has 1 aromatic heterocycles. The zero-order valence-corrected chi connectivity index (χ0v) is 17.4. The van der Waals surface area contributed by atoms with Gasteiger partial charge in [0.2, 0.25) is 0 Å². The smallest absolute Gasteiger partial charge is 0.194 e. The van der Waals surface area contributed by atoms with Crippen molar-refractivity contribution in [2.45, 2.75) is 20.4 Å². The van der Waals surface area contributed by atoms with E-state index in [1.165, 1.54) is 11.3 Å². The molecule has 28 heavy (non-hydrogen) atoms. The minimum absolute atomic E-state index is 0.505. The van der Waals surface area contributed by atoms with Crippen molar-refractivity contribution in [2.75, 3.05) is 51.3 Å². The van der Waals surface area contributed by atoms with Crippen LogP contribution in [0.2, 0.25) is 0 Å². The Labute approximate surface area is 167 Å². The van der Waals surface area contributed by atoms with Crippen LogP contribution in [0.1, 0.15) is 17.2 Å². The number of benzene rings is 1. The molecule has 2 aromatic rings. The summed E-state index contributed by atoms with van der Waals surface area (Å²) in [5.74, 6) is 2.66. The van der Waals surface area contributed by atoms with Crippen LogP contribution >= 0.6 is 0 Å². The minimum atomic E-state index is 0.505. The summed E-state index contributed by atoms with van der Waals surface area (Å²) in [6, 6.07) is 8.69. The summed E-state index contributed by atoms with van der Waals surface area (Å²) in [6.45, 7) is 9.74. The van der Waals surface area contributed by atoms with E-state index in [-0.39, 0.29) is 0 Å². The van der Waals surface area contributed by atoms with Gasteiger partial charge in [0.25, 0.3) is 0 Å². The molecule has 0 radical (unpaired) electrons. The summed E-state index contributed by atoms with van der Waals surface area (Å²) in [7, 11) is 3.68. The third-order valence-electron chi connectivity index (χ3n) is 5.09. The van der Waals surface area contributed by atoms with Crippen molar-refractivity contribution in [2.24, 2.45) is 12.0 Å². The van der Waals surface area contributed by atoms with Gasteiger partial charge in [0, 0.05) is 52.6 Å². The van der Waals surface area contributed by atoms with Crippen LogP contribution in [0.15, 0.2) is 29.3 Å². The fraction of sp³-hybridized carbons (Fsp3) is 0.550. The topological polar surface area (TPSA) is 70.8 Å². The van der Waals surface area contributed by atoms with Crippen LogP contribution in [0.25, 0.3) is 0 Å². The molecule has 3 rings (SSSR count). The minimum Gasteiger partial charge on any atom is -0.383 e. The van der Waals surface area contributed by atoms with Crippen LogP contribution in [0.4, 0.5) is 5.69 Å². The first kappa shape index (κ1) is 20.1. The molecule has 0 unspecified atom stereocenters. The summed E-state index contributed by atoms with van der Waals surface area (Å²) in [5, 5.41) is 11.8. The second kappa shape index (κ2) is 9.54. The normalized spacial score (nSPS) is 15.2. The SMILES string of the molecule is COCCNC(=NCc1nnc(C)n1C)N1CCN(c2cccc(C)c2)CC1. The van der Waals surface area contributed by atoms with E-state index in [1.807, 2.05) is 18.5 Å². The highest BCUT2D eigenvalue weighted by molar-refractivity contribution is 5.80. The van der Waals surface area contributed by atoms with Crippen molar-refractivity contribution >= 4 is 11.6 Å². The van der Waals surface area contributed by atoms with Crippen molar-refractivity contribution in [1.82, 2.24) is 25.0 Å². The molecule has 0 spiro atoms. The molecule has 1 aromatic carbocycles. The van der Waals surface area contributed by atoms with E-state index >= 15 is 0 Å². The lowest BCUT2D eigenvalue weighted by Gasteiger charge is -2.38. The number of nitrogens with zero attached hydrogens (tertiary/aromatic N) is 6. The first-order valence-corrected chi connectivity index (χ1v) is 9.77. The standard InChI is InChI=1S/C20H31N7O/c1-16-6-5-7-18(14-16)26-9-11-27(12-10-26)20(21-8-13-28-4)22-15-19-24-23-17(2)25(19)3/h5-7,14H,8-13,15H2,1-4H3,(H,21,22). The van der Waals surface area contributed by atoms with Gasteiger partial charge in [0.05, 0.1) is 6.61 Å². The molecule has 1 saturated heterocycles. The van der Waals surface area contributed by atoms with Gasteiger partial charge in [-0.3, -0.25) is 0 Å². The quantitative estimate of drug-likeness (QED) is 0.460. The summed E-state index contributed by atoms with van der Waals surface area (Å²) < 4.78 is 7.16. The van der Waals surface area contributed by atoms with Crippen LogP contribution in [-0.4, -0.2) is 72.1 Å². The first-order chi connectivity index (χ1) is 13.6. The highest BCUT2D eigenvalue weighted by atomic mass is 16.5. The monoisotopic (exact) mass is 385 g/mol. The Kier molecular flexibility index (Phi) is 6.86. The van der Waals surface area contributed by atoms with Crippen LogP contribution in [0.3, 0.4) is 0 Å². The predicted octanol–water partition coefficient (Wildman–Crippen LogP) is 1.35. The van der Waals surface area contributed by atoms with Crippen LogP contribution in [0, 0.1) is 13.8 Å². The van der Waals surface area contributed by atoms with Gasteiger partial charge in [0.15, 0.2) is 11.8 Å². The lowest BCUT2D eigenvalue weighted by atomic mass is 10.2. The van der Waals surface area contributed by atoms with Gasteiger partial charge in [0.1, 0.15) is 12.4 Å². The maximum absolute atomic E-state index is 5.18.